The van der Waals surface area contributed by atoms with Crippen molar-refractivity contribution in [3.05, 3.63) is 42.7 Å². The molecule has 1 aromatic heterocycles. The molecule has 1 aromatic carbocycles. The van der Waals surface area contributed by atoms with Crippen LogP contribution in [0.15, 0.2) is 42.7 Å². The number of hydrogen-bond acceptors (Lipinski definition) is 4. The molecule has 2 aromatic rings. The van der Waals surface area contributed by atoms with E-state index in [-0.39, 0.29) is 0 Å². The van der Waals surface area contributed by atoms with E-state index in [2.05, 4.69) is 10.4 Å². The van der Waals surface area contributed by atoms with Crippen LogP contribution < -0.4 is 5.32 Å². The molecule has 0 saturated carbocycles. The first-order valence-corrected chi connectivity index (χ1v) is 8.21. The van der Waals surface area contributed by atoms with Crippen LogP contribution >= 0.6 is 0 Å². The summed E-state index contributed by atoms with van der Waals surface area (Å²) in [5.74, 6) is -1.09. The van der Waals surface area contributed by atoms with Gasteiger partial charge in [-0.2, -0.15) is 5.10 Å². The SMILES string of the molecule is CC(C)S(=O)(=O)CC(=O)Nc1cnn(-c2ccccc2)c1. The number of benzene rings is 1. The summed E-state index contributed by atoms with van der Waals surface area (Å²) in [4.78, 5) is 11.8. The first-order valence-electron chi connectivity index (χ1n) is 6.50. The number of anilines is 1. The lowest BCUT2D eigenvalue weighted by Gasteiger charge is -2.07. The molecule has 0 unspecified atom stereocenters. The first-order chi connectivity index (χ1) is 9.88. The minimum Gasteiger partial charge on any atom is -0.323 e. The lowest BCUT2D eigenvalue weighted by molar-refractivity contribution is -0.113. The van der Waals surface area contributed by atoms with Crippen molar-refractivity contribution >= 4 is 21.4 Å². The number of carbonyl (C=O) groups is 1. The summed E-state index contributed by atoms with van der Waals surface area (Å²) < 4.78 is 25.0. The molecule has 0 radical (unpaired) electrons. The molecular formula is C14H17N3O3S. The predicted molar refractivity (Wildman–Crippen MR) is 81.1 cm³/mol. The quantitative estimate of drug-likeness (QED) is 0.910. The zero-order valence-corrected chi connectivity index (χ0v) is 12.7. The zero-order valence-electron chi connectivity index (χ0n) is 11.9. The van der Waals surface area contributed by atoms with E-state index < -0.39 is 26.7 Å². The molecule has 1 amide bonds. The van der Waals surface area contributed by atoms with Crippen LogP contribution in [0.3, 0.4) is 0 Å². The molecule has 21 heavy (non-hydrogen) atoms. The summed E-state index contributed by atoms with van der Waals surface area (Å²) in [7, 11) is -3.40. The minimum absolute atomic E-state index is 0.461. The van der Waals surface area contributed by atoms with Gasteiger partial charge in [-0.05, 0) is 26.0 Å². The normalized spacial score (nSPS) is 11.6. The fourth-order valence-electron chi connectivity index (χ4n) is 1.66. The maximum absolute atomic E-state index is 11.8. The fraction of sp³-hybridized carbons (Fsp3) is 0.286. The zero-order chi connectivity index (χ0) is 15.5. The summed E-state index contributed by atoms with van der Waals surface area (Å²) in [6.45, 7) is 3.10. The third-order valence-electron chi connectivity index (χ3n) is 2.94. The van der Waals surface area contributed by atoms with E-state index in [1.54, 1.807) is 24.7 Å². The number of para-hydroxylation sites is 1. The van der Waals surface area contributed by atoms with Gasteiger partial charge in [0.25, 0.3) is 0 Å². The van der Waals surface area contributed by atoms with E-state index in [4.69, 9.17) is 0 Å². The van der Waals surface area contributed by atoms with Crippen LogP contribution in [-0.2, 0) is 14.6 Å². The molecule has 0 atom stereocenters. The van der Waals surface area contributed by atoms with E-state index in [0.717, 1.165) is 5.69 Å². The molecule has 112 valence electrons. The molecular weight excluding hydrogens is 290 g/mol. The maximum Gasteiger partial charge on any atom is 0.239 e. The Morgan fingerprint density at radius 3 is 2.57 bits per heavy atom. The number of amides is 1. The van der Waals surface area contributed by atoms with Gasteiger partial charge in [-0.15, -0.1) is 0 Å². The Morgan fingerprint density at radius 1 is 1.29 bits per heavy atom. The Kier molecular flexibility index (Phi) is 4.42. The highest BCUT2D eigenvalue weighted by Crippen LogP contribution is 2.11. The van der Waals surface area contributed by atoms with E-state index >= 15 is 0 Å². The number of rotatable bonds is 5. The minimum atomic E-state index is -3.40. The average Bonchev–Trinajstić information content (AvgIpc) is 2.87. The van der Waals surface area contributed by atoms with E-state index in [1.165, 1.54) is 6.20 Å². The number of nitrogens with one attached hydrogen (secondary N) is 1. The van der Waals surface area contributed by atoms with Crippen molar-refractivity contribution in [2.45, 2.75) is 19.1 Å². The van der Waals surface area contributed by atoms with E-state index in [1.807, 2.05) is 30.3 Å². The number of hydrogen-bond donors (Lipinski definition) is 1. The summed E-state index contributed by atoms with van der Waals surface area (Å²) >= 11 is 0. The van der Waals surface area contributed by atoms with Gasteiger partial charge in [0.2, 0.25) is 5.91 Å². The van der Waals surface area contributed by atoms with Gasteiger partial charge in [0.05, 0.1) is 29.0 Å². The van der Waals surface area contributed by atoms with Crippen molar-refractivity contribution in [1.29, 1.82) is 0 Å². The van der Waals surface area contributed by atoms with Crippen molar-refractivity contribution in [1.82, 2.24) is 9.78 Å². The van der Waals surface area contributed by atoms with Crippen LogP contribution in [0.5, 0.6) is 0 Å². The largest absolute Gasteiger partial charge is 0.323 e. The second-order valence-electron chi connectivity index (χ2n) is 4.91. The molecule has 2 rings (SSSR count). The number of carbonyl (C=O) groups excluding carboxylic acids is 1. The maximum atomic E-state index is 11.8. The summed E-state index contributed by atoms with van der Waals surface area (Å²) in [5.41, 5.74) is 1.32. The Morgan fingerprint density at radius 2 is 1.95 bits per heavy atom. The Labute approximate surface area is 123 Å². The lowest BCUT2D eigenvalue weighted by Crippen LogP contribution is -2.27. The highest BCUT2D eigenvalue weighted by atomic mass is 32.2. The van der Waals surface area contributed by atoms with Crippen molar-refractivity contribution in [3.63, 3.8) is 0 Å². The molecule has 1 heterocycles. The lowest BCUT2D eigenvalue weighted by atomic mass is 10.3. The van der Waals surface area contributed by atoms with Crippen molar-refractivity contribution < 1.29 is 13.2 Å². The molecule has 0 aliphatic carbocycles. The second kappa shape index (κ2) is 6.09. The smallest absolute Gasteiger partial charge is 0.239 e. The average molecular weight is 307 g/mol. The highest BCUT2D eigenvalue weighted by molar-refractivity contribution is 7.92. The van der Waals surface area contributed by atoms with Crippen molar-refractivity contribution in [2.24, 2.45) is 0 Å². The van der Waals surface area contributed by atoms with Crippen LogP contribution in [-0.4, -0.2) is 35.1 Å². The van der Waals surface area contributed by atoms with Crippen LogP contribution in [0.2, 0.25) is 0 Å². The monoisotopic (exact) mass is 307 g/mol. The molecule has 1 N–H and O–H groups in total. The van der Waals surface area contributed by atoms with Gasteiger partial charge in [0.15, 0.2) is 9.84 Å². The van der Waals surface area contributed by atoms with Gasteiger partial charge >= 0.3 is 0 Å². The van der Waals surface area contributed by atoms with Crippen LogP contribution in [0, 0.1) is 0 Å². The number of sulfone groups is 1. The summed E-state index contributed by atoms with van der Waals surface area (Å²) in [6, 6.07) is 9.41. The molecule has 0 spiro atoms. The summed E-state index contributed by atoms with van der Waals surface area (Å²) in [5, 5.41) is 6.09. The van der Waals surface area contributed by atoms with E-state index in [9.17, 15) is 13.2 Å². The molecule has 0 saturated heterocycles. The van der Waals surface area contributed by atoms with Gasteiger partial charge in [-0.25, -0.2) is 13.1 Å². The van der Waals surface area contributed by atoms with Crippen LogP contribution in [0.1, 0.15) is 13.8 Å². The Balaban J connectivity index is 2.05. The van der Waals surface area contributed by atoms with Crippen molar-refractivity contribution in [3.8, 4) is 5.69 Å². The number of aromatic nitrogens is 2. The van der Waals surface area contributed by atoms with Crippen LogP contribution in [0.25, 0.3) is 5.69 Å². The van der Waals surface area contributed by atoms with Gasteiger partial charge in [0, 0.05) is 0 Å². The summed E-state index contributed by atoms with van der Waals surface area (Å²) in [6.07, 6.45) is 3.11. The number of nitrogens with zero attached hydrogens (tertiary/aromatic N) is 2. The highest BCUT2D eigenvalue weighted by Gasteiger charge is 2.20. The van der Waals surface area contributed by atoms with Crippen LogP contribution in [0.4, 0.5) is 5.69 Å². The van der Waals surface area contributed by atoms with Gasteiger partial charge < -0.3 is 5.32 Å². The predicted octanol–water partition coefficient (Wildman–Crippen LogP) is 1.63. The van der Waals surface area contributed by atoms with Gasteiger partial charge in [-0.3, -0.25) is 4.79 Å². The van der Waals surface area contributed by atoms with Gasteiger partial charge in [0.1, 0.15) is 5.75 Å². The van der Waals surface area contributed by atoms with Crippen molar-refractivity contribution in [2.75, 3.05) is 11.1 Å². The molecule has 0 fully saturated rings. The standard InChI is InChI=1S/C14H17N3O3S/c1-11(2)21(19,20)10-14(18)16-12-8-15-17(9-12)13-6-4-3-5-7-13/h3-9,11H,10H2,1-2H3,(H,16,18). The molecule has 0 aliphatic heterocycles. The topological polar surface area (TPSA) is 81.1 Å². The Bertz CT molecular complexity index is 721. The Hall–Kier alpha value is -2.15. The van der Waals surface area contributed by atoms with E-state index in [0.29, 0.717) is 5.69 Å². The van der Waals surface area contributed by atoms with Gasteiger partial charge in [-0.1, -0.05) is 18.2 Å². The molecule has 0 aliphatic rings. The second-order valence-corrected chi connectivity index (χ2v) is 7.47. The first kappa shape index (κ1) is 15.2. The third-order valence-corrected chi connectivity index (χ3v) is 5.04. The molecule has 7 heteroatoms. The third kappa shape index (κ3) is 3.91. The molecule has 0 bridgehead atoms. The molecule has 6 nitrogen and oxygen atoms in total. The fourth-order valence-corrected chi connectivity index (χ4v) is 2.43.